The maximum absolute atomic E-state index is 13.1. The Hall–Kier alpha value is -0.830. The Morgan fingerprint density at radius 3 is 2.41 bits per heavy atom. The molecule has 1 aliphatic heterocycles. The van der Waals surface area contributed by atoms with Crippen LogP contribution in [0.3, 0.4) is 0 Å². The molecule has 9 heteroatoms. The van der Waals surface area contributed by atoms with Crippen LogP contribution in [0.15, 0.2) is 23.1 Å². The highest BCUT2D eigenvalue weighted by Gasteiger charge is 2.41. The zero-order valence-electron chi connectivity index (χ0n) is 11.8. The molecule has 1 saturated heterocycles. The Labute approximate surface area is 132 Å². The molecule has 2 rings (SSSR count). The molecule has 0 bridgehead atoms. The molecular formula is C13H16ClF3N2O2S. The van der Waals surface area contributed by atoms with Crippen molar-refractivity contribution in [1.82, 2.24) is 9.62 Å². The van der Waals surface area contributed by atoms with Crippen LogP contribution in [0.1, 0.15) is 18.4 Å². The van der Waals surface area contributed by atoms with E-state index < -0.39 is 31.7 Å². The largest absolute Gasteiger partial charge is 0.417 e. The molecule has 1 aliphatic rings. The van der Waals surface area contributed by atoms with Gasteiger partial charge in [-0.2, -0.15) is 17.5 Å². The van der Waals surface area contributed by atoms with Crippen LogP contribution in [0.4, 0.5) is 13.2 Å². The van der Waals surface area contributed by atoms with Gasteiger partial charge in [0.2, 0.25) is 10.0 Å². The molecule has 1 fully saturated rings. The Bertz CT molecular complexity index is 643. The summed E-state index contributed by atoms with van der Waals surface area (Å²) in [6.07, 6.45) is -3.70. The van der Waals surface area contributed by atoms with Gasteiger partial charge in [-0.1, -0.05) is 17.7 Å². The number of nitrogens with one attached hydrogen (secondary N) is 1. The predicted molar refractivity (Wildman–Crippen MR) is 77.3 cm³/mol. The van der Waals surface area contributed by atoms with Gasteiger partial charge >= 0.3 is 6.18 Å². The van der Waals surface area contributed by atoms with Crippen LogP contribution in [0.5, 0.6) is 0 Å². The van der Waals surface area contributed by atoms with E-state index in [2.05, 4.69) is 5.32 Å². The fourth-order valence-electron chi connectivity index (χ4n) is 2.50. The van der Waals surface area contributed by atoms with Gasteiger partial charge in [-0.05, 0) is 38.1 Å². The highest BCUT2D eigenvalue weighted by Crippen LogP contribution is 2.39. The first-order valence-corrected chi connectivity index (χ1v) is 8.52. The quantitative estimate of drug-likeness (QED) is 0.906. The maximum atomic E-state index is 13.1. The van der Waals surface area contributed by atoms with E-state index in [0.29, 0.717) is 25.9 Å². The van der Waals surface area contributed by atoms with Crippen molar-refractivity contribution in [3.63, 3.8) is 0 Å². The zero-order chi connectivity index (χ0) is 16.5. The Kier molecular flexibility index (Phi) is 5.06. The van der Waals surface area contributed by atoms with Crippen LogP contribution in [0, 0.1) is 0 Å². The molecule has 0 unspecified atom stereocenters. The van der Waals surface area contributed by atoms with Crippen molar-refractivity contribution < 1.29 is 21.6 Å². The van der Waals surface area contributed by atoms with E-state index in [1.54, 1.807) is 0 Å². The number of sulfonamides is 1. The molecule has 4 nitrogen and oxygen atoms in total. The first-order valence-electron chi connectivity index (χ1n) is 6.70. The molecule has 0 saturated carbocycles. The van der Waals surface area contributed by atoms with E-state index in [9.17, 15) is 21.6 Å². The fraction of sp³-hybridized carbons (Fsp3) is 0.538. The molecule has 0 atom stereocenters. The first kappa shape index (κ1) is 17.5. The topological polar surface area (TPSA) is 49.4 Å². The van der Waals surface area contributed by atoms with E-state index in [-0.39, 0.29) is 6.04 Å². The third-order valence-corrected chi connectivity index (χ3v) is 6.17. The van der Waals surface area contributed by atoms with Gasteiger partial charge in [-0.25, -0.2) is 8.42 Å². The van der Waals surface area contributed by atoms with Crippen molar-refractivity contribution in [1.29, 1.82) is 0 Å². The van der Waals surface area contributed by atoms with Gasteiger partial charge in [0.15, 0.2) is 0 Å². The van der Waals surface area contributed by atoms with Crippen LogP contribution in [0.2, 0.25) is 5.02 Å². The Morgan fingerprint density at radius 2 is 1.86 bits per heavy atom. The van der Waals surface area contributed by atoms with Crippen molar-refractivity contribution >= 4 is 21.6 Å². The number of piperidine rings is 1. The highest BCUT2D eigenvalue weighted by molar-refractivity contribution is 7.89. The summed E-state index contributed by atoms with van der Waals surface area (Å²) < 4.78 is 65.6. The molecule has 1 heterocycles. The van der Waals surface area contributed by atoms with E-state index >= 15 is 0 Å². The van der Waals surface area contributed by atoms with Crippen LogP contribution in [-0.4, -0.2) is 38.9 Å². The lowest BCUT2D eigenvalue weighted by Gasteiger charge is -2.31. The number of halogens is 4. The van der Waals surface area contributed by atoms with Crippen molar-refractivity contribution in [3.05, 3.63) is 28.8 Å². The molecule has 1 aromatic rings. The number of alkyl halides is 3. The molecule has 0 radical (unpaired) electrons. The van der Waals surface area contributed by atoms with E-state index in [4.69, 9.17) is 11.6 Å². The molecule has 0 aliphatic carbocycles. The van der Waals surface area contributed by atoms with Crippen molar-refractivity contribution in [3.8, 4) is 0 Å². The lowest BCUT2D eigenvalue weighted by Crippen LogP contribution is -2.44. The second-order valence-electron chi connectivity index (χ2n) is 5.12. The Balaban J connectivity index is 2.49. The Morgan fingerprint density at radius 1 is 1.27 bits per heavy atom. The minimum atomic E-state index is -4.79. The first-order chi connectivity index (χ1) is 10.2. The summed E-state index contributed by atoms with van der Waals surface area (Å²) in [4.78, 5) is -0.870. The second kappa shape index (κ2) is 6.35. The average Bonchev–Trinajstić information content (AvgIpc) is 2.46. The van der Waals surface area contributed by atoms with Crippen LogP contribution in [0.25, 0.3) is 0 Å². The average molecular weight is 357 g/mol. The van der Waals surface area contributed by atoms with Gasteiger partial charge in [0.1, 0.15) is 4.90 Å². The van der Waals surface area contributed by atoms with Gasteiger partial charge in [-0.15, -0.1) is 0 Å². The number of nitrogens with zero attached hydrogens (tertiary/aromatic N) is 1. The molecule has 1 N–H and O–H groups in total. The van der Waals surface area contributed by atoms with Crippen LogP contribution >= 0.6 is 11.6 Å². The number of benzene rings is 1. The summed E-state index contributed by atoms with van der Waals surface area (Å²) in [7, 11) is -3.03. The molecule has 0 spiro atoms. The summed E-state index contributed by atoms with van der Waals surface area (Å²) in [6.45, 7) is 1.25. The van der Waals surface area contributed by atoms with Gasteiger partial charge in [0.25, 0.3) is 0 Å². The lowest BCUT2D eigenvalue weighted by molar-refractivity contribution is -0.139. The predicted octanol–water partition coefficient (Wildman–Crippen LogP) is 2.73. The third-order valence-electron chi connectivity index (χ3n) is 3.73. The van der Waals surface area contributed by atoms with Gasteiger partial charge in [0.05, 0.1) is 10.6 Å². The van der Waals surface area contributed by atoms with Crippen LogP contribution < -0.4 is 5.32 Å². The van der Waals surface area contributed by atoms with Gasteiger partial charge in [-0.3, -0.25) is 0 Å². The monoisotopic (exact) mass is 356 g/mol. The number of hydrogen-bond donors (Lipinski definition) is 1. The van der Waals surface area contributed by atoms with Gasteiger partial charge in [0, 0.05) is 13.1 Å². The number of hydrogen-bond acceptors (Lipinski definition) is 3. The summed E-state index contributed by atoms with van der Waals surface area (Å²) in [6, 6.07) is 2.63. The van der Waals surface area contributed by atoms with E-state index in [0.717, 1.165) is 22.5 Å². The highest BCUT2D eigenvalue weighted by atomic mass is 35.5. The van der Waals surface area contributed by atoms with Crippen LogP contribution in [-0.2, 0) is 16.2 Å². The summed E-state index contributed by atoms with van der Waals surface area (Å²) in [5.74, 6) is 0. The standard InChI is InChI=1S/C13H16ClF3N2O2S/c1-19(9-5-7-18-8-6-9)22(20,21)12-10(13(15,16)17)3-2-4-11(12)14/h2-4,9,18H,5-8H2,1H3. The lowest BCUT2D eigenvalue weighted by atomic mass is 10.1. The molecule has 124 valence electrons. The SMILES string of the molecule is CN(C1CCNCC1)S(=O)(=O)c1c(Cl)cccc1C(F)(F)F. The minimum absolute atomic E-state index is 0.344. The minimum Gasteiger partial charge on any atom is -0.317 e. The van der Waals surface area contributed by atoms with Gasteiger partial charge < -0.3 is 5.32 Å². The van der Waals surface area contributed by atoms with Crippen molar-refractivity contribution in [2.75, 3.05) is 20.1 Å². The molecule has 22 heavy (non-hydrogen) atoms. The summed E-state index contributed by atoms with van der Waals surface area (Å²) >= 11 is 5.78. The molecule has 1 aromatic carbocycles. The fourth-order valence-corrected chi connectivity index (χ4v) is 4.64. The maximum Gasteiger partial charge on any atom is 0.417 e. The van der Waals surface area contributed by atoms with E-state index in [1.807, 2.05) is 0 Å². The second-order valence-corrected chi connectivity index (χ2v) is 7.46. The summed E-state index contributed by atoms with van der Waals surface area (Å²) in [5.41, 5.74) is -1.24. The van der Waals surface area contributed by atoms with Crippen molar-refractivity contribution in [2.45, 2.75) is 30.0 Å². The van der Waals surface area contributed by atoms with Crippen molar-refractivity contribution in [2.24, 2.45) is 0 Å². The number of rotatable bonds is 3. The summed E-state index contributed by atoms with van der Waals surface area (Å²) in [5, 5.41) is 2.66. The van der Waals surface area contributed by atoms with E-state index in [1.165, 1.54) is 7.05 Å². The molecular weight excluding hydrogens is 341 g/mol. The molecule has 0 aromatic heterocycles. The zero-order valence-corrected chi connectivity index (χ0v) is 13.4. The molecule has 0 amide bonds. The normalized spacial score (nSPS) is 17.9. The third kappa shape index (κ3) is 3.40. The smallest absolute Gasteiger partial charge is 0.317 e.